The van der Waals surface area contributed by atoms with E-state index in [4.69, 9.17) is 15.0 Å². The van der Waals surface area contributed by atoms with Gasteiger partial charge in [0.15, 0.2) is 0 Å². The molecule has 0 fully saturated rings. The highest BCUT2D eigenvalue weighted by molar-refractivity contribution is 6.89. The minimum Gasteiger partial charge on any atom is -0.507 e. The van der Waals surface area contributed by atoms with E-state index in [1.807, 2.05) is 54.7 Å². The Morgan fingerprint density at radius 1 is 0.560 bits per heavy atom. The van der Waals surface area contributed by atoms with Crippen LogP contribution in [-0.4, -0.2) is 32.7 Å². The number of phenols is 1. The quantitative estimate of drug-likeness (QED) is 0.172. The van der Waals surface area contributed by atoms with Crippen molar-refractivity contribution in [3.05, 3.63) is 158 Å². The Bertz CT molecular complexity index is 2470. The number of pyridine rings is 2. The molecule has 0 spiro atoms. The molecule has 0 atom stereocenters. The van der Waals surface area contributed by atoms with Crippen LogP contribution in [-0.2, 0) is 0 Å². The topological polar surface area (TPSA) is 63.8 Å². The van der Waals surface area contributed by atoms with Crippen LogP contribution in [0.25, 0.3) is 72.9 Å². The normalized spacial score (nSPS) is 11.6. The Balaban J connectivity index is 1.38. The second kappa shape index (κ2) is 12.7. The first kappa shape index (κ1) is 31.2. The molecule has 0 unspecified atom stereocenters. The summed E-state index contributed by atoms with van der Waals surface area (Å²) in [6, 6.07) is 49.4. The van der Waals surface area contributed by atoms with Gasteiger partial charge in [0.25, 0.3) is 0 Å². The highest BCUT2D eigenvalue weighted by atomic mass is 28.3. The van der Waals surface area contributed by atoms with E-state index >= 15 is 0 Å². The minimum atomic E-state index is -1.71. The molecule has 0 aliphatic heterocycles. The summed E-state index contributed by atoms with van der Waals surface area (Å²) in [5, 5.41) is 12.3. The van der Waals surface area contributed by atoms with Crippen LogP contribution in [0.1, 0.15) is 0 Å². The SMILES string of the molecule is C[Si](C)(C)c1cnc(-c2cc(-c3ccccc3)cc(-c3nccc4c3nc(-c3ccccc3O)n4-c3ccccc3)c2)cc1-c1ccccc1. The number of para-hydroxylation sites is 2. The molecule has 6 heteroatoms. The van der Waals surface area contributed by atoms with Crippen LogP contribution in [0.4, 0.5) is 0 Å². The number of rotatable bonds is 7. The summed E-state index contributed by atoms with van der Waals surface area (Å²) in [5.74, 6) is 0.819. The van der Waals surface area contributed by atoms with Crippen molar-refractivity contribution in [2.75, 3.05) is 0 Å². The van der Waals surface area contributed by atoms with Gasteiger partial charge in [-0.2, -0.15) is 0 Å². The summed E-state index contributed by atoms with van der Waals surface area (Å²) >= 11 is 0. The molecular formula is C44H36N4OSi. The second-order valence-electron chi connectivity index (χ2n) is 13.5. The van der Waals surface area contributed by atoms with Crippen LogP contribution in [0.2, 0.25) is 19.6 Å². The van der Waals surface area contributed by atoms with Gasteiger partial charge in [0, 0.05) is 29.2 Å². The second-order valence-corrected chi connectivity index (χ2v) is 18.6. The molecule has 0 bridgehead atoms. The van der Waals surface area contributed by atoms with E-state index in [9.17, 15) is 5.11 Å². The van der Waals surface area contributed by atoms with Gasteiger partial charge in [0.05, 0.1) is 30.5 Å². The zero-order valence-electron chi connectivity index (χ0n) is 28.2. The number of hydrogen-bond donors (Lipinski definition) is 1. The van der Waals surface area contributed by atoms with E-state index in [0.29, 0.717) is 11.4 Å². The number of benzene rings is 5. The summed E-state index contributed by atoms with van der Waals surface area (Å²) in [7, 11) is -1.71. The molecule has 242 valence electrons. The van der Waals surface area contributed by atoms with Gasteiger partial charge < -0.3 is 5.11 Å². The smallest absolute Gasteiger partial charge is 0.149 e. The van der Waals surface area contributed by atoms with E-state index in [-0.39, 0.29) is 5.75 Å². The maximum atomic E-state index is 11.0. The third-order valence-electron chi connectivity index (χ3n) is 9.14. The molecule has 0 amide bonds. The average Bonchev–Trinajstić information content (AvgIpc) is 3.55. The number of phenolic OH excluding ortho intramolecular Hbond substituents is 1. The van der Waals surface area contributed by atoms with Gasteiger partial charge in [-0.25, -0.2) is 4.98 Å². The third kappa shape index (κ3) is 5.80. The van der Waals surface area contributed by atoms with Gasteiger partial charge >= 0.3 is 0 Å². The number of aromatic nitrogens is 4. The summed E-state index contributed by atoms with van der Waals surface area (Å²) < 4.78 is 2.10. The zero-order chi connectivity index (χ0) is 34.2. The largest absolute Gasteiger partial charge is 0.507 e. The van der Waals surface area contributed by atoms with Crippen molar-refractivity contribution in [1.29, 1.82) is 0 Å². The van der Waals surface area contributed by atoms with Gasteiger partial charge in [-0.15, -0.1) is 0 Å². The Morgan fingerprint density at radius 2 is 1.18 bits per heavy atom. The monoisotopic (exact) mass is 664 g/mol. The fraction of sp³-hybridized carbons (Fsp3) is 0.0682. The molecule has 0 aliphatic carbocycles. The van der Waals surface area contributed by atoms with Crippen LogP contribution in [0.3, 0.4) is 0 Å². The Kier molecular flexibility index (Phi) is 7.94. The standard InChI is InChI=1S/C44H36N4OSi/c1-50(2,3)41-29-46-38(28-37(41)31-17-9-5-10-18-31)33-25-32(30-15-7-4-8-16-30)26-34(27-33)42-43-39(23-24-45-42)48(35-19-11-6-12-20-35)44(47-43)36-21-13-14-22-40(36)49/h4-29,49H,1-3H3. The summed E-state index contributed by atoms with van der Waals surface area (Å²) in [6.45, 7) is 7.11. The predicted molar refractivity (Wildman–Crippen MR) is 208 cm³/mol. The number of nitrogens with zero attached hydrogens (tertiary/aromatic N) is 4. The van der Waals surface area contributed by atoms with Crippen molar-refractivity contribution >= 4 is 24.3 Å². The molecular weight excluding hydrogens is 629 g/mol. The Hall–Kier alpha value is -6.11. The van der Waals surface area contributed by atoms with Crippen molar-refractivity contribution in [2.45, 2.75) is 19.6 Å². The van der Waals surface area contributed by atoms with Crippen molar-refractivity contribution in [2.24, 2.45) is 0 Å². The van der Waals surface area contributed by atoms with Crippen molar-refractivity contribution in [3.63, 3.8) is 0 Å². The summed E-state index contributed by atoms with van der Waals surface area (Å²) in [4.78, 5) is 15.3. The molecule has 50 heavy (non-hydrogen) atoms. The lowest BCUT2D eigenvalue weighted by molar-refractivity contribution is 0.477. The number of imidazole rings is 1. The lowest BCUT2D eigenvalue weighted by Gasteiger charge is -2.22. The van der Waals surface area contributed by atoms with Crippen molar-refractivity contribution in [3.8, 4) is 67.6 Å². The molecule has 0 saturated heterocycles. The van der Waals surface area contributed by atoms with E-state index in [2.05, 4.69) is 121 Å². The average molecular weight is 665 g/mol. The third-order valence-corrected chi connectivity index (χ3v) is 11.2. The predicted octanol–water partition coefficient (Wildman–Crippen LogP) is 10.4. The fourth-order valence-corrected chi connectivity index (χ4v) is 8.15. The fourth-order valence-electron chi connectivity index (χ4n) is 6.67. The minimum absolute atomic E-state index is 0.171. The van der Waals surface area contributed by atoms with Crippen LogP contribution in [0.15, 0.2) is 158 Å². The van der Waals surface area contributed by atoms with Gasteiger partial charge in [-0.05, 0) is 82.0 Å². The van der Waals surface area contributed by atoms with Crippen LogP contribution in [0.5, 0.6) is 5.75 Å². The molecule has 0 aliphatic rings. The first-order valence-electron chi connectivity index (χ1n) is 16.8. The van der Waals surface area contributed by atoms with Gasteiger partial charge in [-0.3, -0.25) is 14.5 Å². The molecule has 3 aromatic heterocycles. The first-order valence-corrected chi connectivity index (χ1v) is 20.3. The van der Waals surface area contributed by atoms with Crippen LogP contribution >= 0.6 is 0 Å². The molecule has 0 saturated carbocycles. The zero-order valence-corrected chi connectivity index (χ0v) is 29.2. The Morgan fingerprint density at radius 3 is 1.88 bits per heavy atom. The molecule has 8 aromatic rings. The summed E-state index contributed by atoms with van der Waals surface area (Å²) in [5.41, 5.74) is 11.4. The van der Waals surface area contributed by atoms with Gasteiger partial charge in [0.2, 0.25) is 0 Å². The highest BCUT2D eigenvalue weighted by Crippen LogP contribution is 2.39. The van der Waals surface area contributed by atoms with E-state index in [0.717, 1.165) is 50.4 Å². The summed E-state index contributed by atoms with van der Waals surface area (Å²) in [6.07, 6.45) is 3.94. The highest BCUT2D eigenvalue weighted by Gasteiger charge is 2.24. The van der Waals surface area contributed by atoms with Crippen molar-refractivity contribution in [1.82, 2.24) is 19.5 Å². The first-order chi connectivity index (χ1) is 24.3. The number of aromatic hydroxyl groups is 1. The maximum Gasteiger partial charge on any atom is 0.149 e. The lowest BCUT2D eigenvalue weighted by Crippen LogP contribution is -2.39. The molecule has 3 heterocycles. The van der Waals surface area contributed by atoms with Crippen molar-refractivity contribution < 1.29 is 5.11 Å². The number of fused-ring (bicyclic) bond motifs is 1. The van der Waals surface area contributed by atoms with Gasteiger partial charge in [0.1, 0.15) is 17.1 Å². The molecule has 5 nitrogen and oxygen atoms in total. The lowest BCUT2D eigenvalue weighted by atomic mass is 9.95. The van der Waals surface area contributed by atoms with Crippen LogP contribution in [0, 0.1) is 0 Å². The Labute approximate surface area is 293 Å². The maximum absolute atomic E-state index is 11.0. The van der Waals surface area contributed by atoms with Crippen LogP contribution < -0.4 is 5.19 Å². The van der Waals surface area contributed by atoms with E-state index < -0.39 is 8.07 Å². The molecule has 8 rings (SSSR count). The molecule has 1 N–H and O–H groups in total. The van der Waals surface area contributed by atoms with E-state index in [1.165, 1.54) is 16.3 Å². The van der Waals surface area contributed by atoms with Gasteiger partial charge in [-0.1, -0.05) is 111 Å². The van der Waals surface area contributed by atoms with E-state index in [1.54, 1.807) is 6.07 Å². The number of hydrogen-bond acceptors (Lipinski definition) is 4. The molecule has 5 aromatic carbocycles. The molecule has 0 radical (unpaired) electrons.